The highest BCUT2D eigenvalue weighted by Crippen LogP contribution is 2.60. The van der Waals surface area contributed by atoms with Crippen molar-refractivity contribution in [1.82, 2.24) is 29.1 Å². The molecule has 242 valence electrons. The SMILES string of the molecule is Nc1nc2c(ncn2[C@@H]2O[C@@H]3CO[P@@](=O)(S)O[C@H]4[C@H](F)[C@H](n5ccc6c(N)ccnc65)O[C@@H]4CO[P@@](=O)(S)O[C@@H]2[C@H]3F)c(=O)[nH]1. The number of hydrogen-bond donors (Lipinski definition) is 5. The number of fused-ring (bicyclic) bond motifs is 5. The highest BCUT2D eigenvalue weighted by atomic mass is 32.7. The van der Waals surface area contributed by atoms with Crippen LogP contribution in [0.5, 0.6) is 0 Å². The van der Waals surface area contributed by atoms with Crippen LogP contribution >= 0.6 is 38.1 Å². The number of pyridine rings is 1. The van der Waals surface area contributed by atoms with Gasteiger partial charge in [-0.2, -0.15) is 4.98 Å². The molecule has 3 saturated heterocycles. The number of halogens is 2. The second kappa shape index (κ2) is 11.3. The first-order chi connectivity index (χ1) is 21.3. The number of anilines is 2. The maximum Gasteiger partial charge on any atom is 0.386 e. The van der Waals surface area contributed by atoms with E-state index in [1.807, 2.05) is 0 Å². The molecule has 4 aromatic rings. The van der Waals surface area contributed by atoms with Gasteiger partial charge in [0.25, 0.3) is 5.56 Å². The maximum atomic E-state index is 16.0. The summed E-state index contributed by atoms with van der Waals surface area (Å²) in [5.74, 6) is -0.261. The van der Waals surface area contributed by atoms with E-state index in [1.54, 1.807) is 12.1 Å². The zero-order valence-corrected chi connectivity index (χ0v) is 26.1. The molecule has 0 unspecified atom stereocenters. The molecule has 2 bridgehead atoms. The van der Waals surface area contributed by atoms with Crippen LogP contribution in [0.15, 0.2) is 35.6 Å². The second-order valence-electron chi connectivity index (χ2n) is 10.3. The number of alkyl halides is 2. The van der Waals surface area contributed by atoms with Crippen LogP contribution in [0.4, 0.5) is 20.4 Å². The standard InChI is InChI=1S/C22H24F2N8O9P2S2/c23-12-10-5-36-42(34,44)40-15-11(39-20(13(15)24)31-4-2-8-9(25)1-3-27-17(8)31)6-37-43(35,45)41-16(12)21(38-10)32-7-28-14-18(32)29-22(26)30-19(14)33/h1-4,7,10-13,15-16,20-21H,5-6H2,(H2,25,27)(H,34,44)(H,35,45)(H3,26,29,30,33)/t10-,11-,12+,13+,15-,16-,20-,21-,42-,43-/m1/s1. The molecule has 7 rings (SSSR count). The van der Waals surface area contributed by atoms with Gasteiger partial charge in [-0.1, -0.05) is 24.5 Å². The zero-order valence-electron chi connectivity index (χ0n) is 22.5. The van der Waals surface area contributed by atoms with Crippen LogP contribution < -0.4 is 17.0 Å². The number of ether oxygens (including phenoxy) is 2. The lowest BCUT2D eigenvalue weighted by molar-refractivity contribution is -0.0563. The van der Waals surface area contributed by atoms with Gasteiger partial charge in [-0.3, -0.25) is 32.4 Å². The number of imidazole rings is 1. The molecule has 17 nitrogen and oxygen atoms in total. The van der Waals surface area contributed by atoms with Crippen molar-refractivity contribution in [2.45, 2.75) is 49.2 Å². The maximum absolute atomic E-state index is 16.0. The fraction of sp³-hybridized carbons (Fsp3) is 0.455. The van der Waals surface area contributed by atoms with E-state index in [2.05, 4.69) is 44.4 Å². The van der Waals surface area contributed by atoms with Gasteiger partial charge in [0.1, 0.15) is 30.1 Å². The van der Waals surface area contributed by atoms with Crippen LogP contribution in [0, 0.1) is 0 Å². The van der Waals surface area contributed by atoms with Crippen molar-refractivity contribution in [3.8, 4) is 0 Å². The summed E-state index contributed by atoms with van der Waals surface area (Å²) in [5.41, 5.74) is 11.4. The Hall–Kier alpha value is -2.58. The van der Waals surface area contributed by atoms with E-state index >= 15 is 8.78 Å². The molecular formula is C22H24F2N8O9P2S2. The summed E-state index contributed by atoms with van der Waals surface area (Å²) in [6, 6.07) is 3.19. The van der Waals surface area contributed by atoms with Crippen molar-refractivity contribution in [3.05, 3.63) is 41.2 Å². The summed E-state index contributed by atoms with van der Waals surface area (Å²) in [7, 11) is 0. The largest absolute Gasteiger partial charge is 0.398 e. The van der Waals surface area contributed by atoms with Gasteiger partial charge >= 0.3 is 13.6 Å². The summed E-state index contributed by atoms with van der Waals surface area (Å²) in [5, 5.41) is 0.531. The summed E-state index contributed by atoms with van der Waals surface area (Å²) >= 11 is 7.98. The third-order valence-corrected chi connectivity index (χ3v) is 10.7. The summed E-state index contributed by atoms with van der Waals surface area (Å²) in [6.07, 6.45) is -9.12. The zero-order chi connectivity index (χ0) is 31.8. The minimum Gasteiger partial charge on any atom is -0.398 e. The first kappa shape index (κ1) is 31.0. The Morgan fingerprint density at radius 2 is 1.60 bits per heavy atom. The molecule has 0 amide bonds. The molecule has 7 heterocycles. The Labute approximate surface area is 261 Å². The number of H-pyrrole nitrogens is 1. The van der Waals surface area contributed by atoms with Crippen molar-refractivity contribution < 1.29 is 45.5 Å². The Kier molecular flexibility index (Phi) is 7.79. The van der Waals surface area contributed by atoms with E-state index in [0.717, 1.165) is 10.9 Å². The quantitative estimate of drug-likeness (QED) is 0.149. The highest BCUT2D eigenvalue weighted by molar-refractivity contribution is 8.44. The fourth-order valence-electron chi connectivity index (χ4n) is 5.46. The molecule has 3 aliphatic rings. The molecule has 0 saturated carbocycles. The van der Waals surface area contributed by atoms with E-state index in [-0.39, 0.29) is 17.1 Å². The number of nitrogens with one attached hydrogen (secondary N) is 1. The normalized spacial score (nSPS) is 37.7. The minimum atomic E-state index is -4.48. The number of nitrogens with two attached hydrogens (primary N) is 2. The van der Waals surface area contributed by atoms with Crippen molar-refractivity contribution in [2.75, 3.05) is 24.7 Å². The Morgan fingerprint density at radius 1 is 0.911 bits per heavy atom. The summed E-state index contributed by atoms with van der Waals surface area (Å²) in [4.78, 5) is 26.8. The summed E-state index contributed by atoms with van der Waals surface area (Å²) < 4.78 is 94.6. The van der Waals surface area contributed by atoms with Crippen LogP contribution in [0.3, 0.4) is 0 Å². The average Bonchev–Trinajstić information content (AvgIpc) is 3.72. The predicted octanol–water partition coefficient (Wildman–Crippen LogP) is 2.70. The number of aromatic nitrogens is 6. The van der Waals surface area contributed by atoms with Gasteiger partial charge in [0.15, 0.2) is 36.0 Å². The van der Waals surface area contributed by atoms with Crippen LogP contribution in [0.1, 0.15) is 12.5 Å². The predicted molar refractivity (Wildman–Crippen MR) is 159 cm³/mol. The third kappa shape index (κ3) is 5.58. The number of nitrogen functional groups attached to an aromatic ring is 2. The third-order valence-electron chi connectivity index (χ3n) is 7.49. The molecule has 4 aromatic heterocycles. The van der Waals surface area contributed by atoms with Gasteiger partial charge in [0.05, 0.1) is 19.5 Å². The number of nitrogens with zero attached hydrogens (tertiary/aromatic N) is 5. The lowest BCUT2D eigenvalue weighted by atomic mass is 10.1. The Morgan fingerprint density at radius 3 is 2.36 bits per heavy atom. The molecule has 45 heavy (non-hydrogen) atoms. The van der Waals surface area contributed by atoms with Gasteiger partial charge in [-0.15, -0.1) is 0 Å². The van der Waals surface area contributed by atoms with E-state index < -0.39 is 81.6 Å². The fourth-order valence-corrected chi connectivity index (χ4v) is 8.39. The number of hydrogen-bond acceptors (Lipinski definition) is 14. The molecule has 3 aliphatic heterocycles. The van der Waals surface area contributed by atoms with E-state index in [1.165, 1.54) is 17.0 Å². The molecule has 0 aliphatic carbocycles. The monoisotopic (exact) mass is 708 g/mol. The first-order valence-electron chi connectivity index (χ1n) is 13.2. The van der Waals surface area contributed by atoms with Gasteiger partial charge < -0.3 is 25.5 Å². The number of aromatic amines is 1. The number of rotatable bonds is 2. The average molecular weight is 709 g/mol. The van der Waals surface area contributed by atoms with Crippen LogP contribution in [0.25, 0.3) is 22.2 Å². The van der Waals surface area contributed by atoms with E-state index in [9.17, 15) is 13.9 Å². The minimum absolute atomic E-state index is 0.0983. The van der Waals surface area contributed by atoms with Gasteiger partial charge in [0, 0.05) is 23.5 Å². The van der Waals surface area contributed by atoms with E-state index in [4.69, 9.17) is 39.0 Å². The number of thiol groups is 2. The molecule has 3 fully saturated rings. The summed E-state index contributed by atoms with van der Waals surface area (Å²) in [6.45, 7) is -10.3. The lowest BCUT2D eigenvalue weighted by Gasteiger charge is -2.26. The van der Waals surface area contributed by atoms with Gasteiger partial charge in [-0.05, 0) is 12.1 Å². The molecule has 0 radical (unpaired) electrons. The lowest BCUT2D eigenvalue weighted by Crippen LogP contribution is -2.33. The van der Waals surface area contributed by atoms with Gasteiger partial charge in [0.2, 0.25) is 5.95 Å². The second-order valence-corrected chi connectivity index (χ2v) is 16.1. The Bertz CT molecular complexity index is 1950. The molecule has 10 atom stereocenters. The molecular weight excluding hydrogens is 684 g/mol. The van der Waals surface area contributed by atoms with Crippen molar-refractivity contribution >= 4 is 71.9 Å². The first-order valence-corrected chi connectivity index (χ1v) is 18.5. The van der Waals surface area contributed by atoms with Crippen LogP contribution in [0.2, 0.25) is 0 Å². The van der Waals surface area contributed by atoms with Crippen LogP contribution in [-0.4, -0.2) is 79.0 Å². The Balaban J connectivity index is 1.21. The van der Waals surface area contributed by atoms with Crippen molar-refractivity contribution in [1.29, 1.82) is 0 Å². The van der Waals surface area contributed by atoms with Crippen molar-refractivity contribution in [3.63, 3.8) is 0 Å². The van der Waals surface area contributed by atoms with E-state index in [0.29, 0.717) is 16.7 Å². The topological polar surface area (TPSA) is 223 Å². The molecule has 0 aromatic carbocycles. The molecule has 5 N–H and O–H groups in total. The highest BCUT2D eigenvalue weighted by Gasteiger charge is 2.54. The van der Waals surface area contributed by atoms with Crippen LogP contribution in [-0.2, 0) is 36.7 Å². The smallest absolute Gasteiger partial charge is 0.386 e. The van der Waals surface area contributed by atoms with Gasteiger partial charge in [-0.25, -0.2) is 27.9 Å². The van der Waals surface area contributed by atoms with Crippen molar-refractivity contribution in [2.24, 2.45) is 0 Å². The molecule has 23 heteroatoms. The molecule has 0 spiro atoms.